The predicted octanol–water partition coefficient (Wildman–Crippen LogP) is 4.16. The van der Waals surface area contributed by atoms with E-state index in [1.165, 1.54) is 12.3 Å². The molecule has 2 aromatic carbocycles. The molecule has 0 bridgehead atoms. The standard InChI is InChI=1S/C23H20N2O2.C6H6N4/c1-3-17-15-16-9-7-12-19(20-13-8-14-21(26)24(20)2)22(16)23(27)25(17)18-10-5-4-6-11-18;1-4-9-3-5(2-7)6(8)10-4/h4-15H,3H2,1-2H3;3H,1H3,(H2,8,9,10). The van der Waals surface area contributed by atoms with Crippen molar-refractivity contribution < 1.29 is 0 Å². The maximum Gasteiger partial charge on any atom is 0.263 e. The zero-order chi connectivity index (χ0) is 26.5. The molecular formula is C29H26N6O2. The molecular weight excluding hydrogens is 464 g/mol. The summed E-state index contributed by atoms with van der Waals surface area (Å²) in [7, 11) is 1.73. The Kier molecular flexibility index (Phi) is 7.26. The molecule has 184 valence electrons. The quantitative estimate of drug-likeness (QED) is 0.406. The molecule has 8 nitrogen and oxygen atoms in total. The summed E-state index contributed by atoms with van der Waals surface area (Å²) in [6.07, 6.45) is 2.16. The second-order valence-electron chi connectivity index (χ2n) is 8.37. The summed E-state index contributed by atoms with van der Waals surface area (Å²) < 4.78 is 3.35. The number of anilines is 1. The monoisotopic (exact) mass is 490 g/mol. The number of pyridine rings is 2. The Morgan fingerprint density at radius 2 is 1.73 bits per heavy atom. The number of nitrogens with zero attached hydrogens (tertiary/aromatic N) is 5. The number of fused-ring (bicyclic) bond motifs is 1. The van der Waals surface area contributed by atoms with Crippen molar-refractivity contribution in [2.75, 3.05) is 5.73 Å². The van der Waals surface area contributed by atoms with Crippen LogP contribution in [0, 0.1) is 18.3 Å². The van der Waals surface area contributed by atoms with Crippen molar-refractivity contribution in [3.63, 3.8) is 0 Å². The van der Waals surface area contributed by atoms with Crippen LogP contribution in [-0.2, 0) is 13.5 Å². The number of para-hydroxylation sites is 1. The average Bonchev–Trinajstić information content (AvgIpc) is 2.90. The molecule has 3 heterocycles. The zero-order valence-electron chi connectivity index (χ0n) is 20.8. The molecule has 5 rings (SSSR count). The highest BCUT2D eigenvalue weighted by Gasteiger charge is 2.15. The molecule has 0 saturated heterocycles. The summed E-state index contributed by atoms with van der Waals surface area (Å²) in [5.74, 6) is 0.825. The summed E-state index contributed by atoms with van der Waals surface area (Å²) in [5.41, 5.74) is 8.82. The number of benzene rings is 2. The maximum absolute atomic E-state index is 13.6. The third kappa shape index (κ3) is 5.02. The van der Waals surface area contributed by atoms with Crippen molar-refractivity contribution in [1.82, 2.24) is 19.1 Å². The first-order valence-corrected chi connectivity index (χ1v) is 11.7. The lowest BCUT2D eigenvalue weighted by Crippen LogP contribution is -2.23. The molecule has 5 aromatic rings. The second-order valence-corrected chi connectivity index (χ2v) is 8.37. The fourth-order valence-corrected chi connectivity index (χ4v) is 4.16. The van der Waals surface area contributed by atoms with Crippen molar-refractivity contribution in [3.8, 4) is 23.0 Å². The largest absolute Gasteiger partial charge is 0.382 e. The van der Waals surface area contributed by atoms with E-state index in [9.17, 15) is 9.59 Å². The van der Waals surface area contributed by atoms with Gasteiger partial charge in [0.05, 0.1) is 17.3 Å². The molecule has 8 heteroatoms. The van der Waals surface area contributed by atoms with Crippen molar-refractivity contribution in [2.24, 2.45) is 7.05 Å². The van der Waals surface area contributed by atoms with Gasteiger partial charge in [-0.2, -0.15) is 5.26 Å². The molecule has 0 saturated carbocycles. The van der Waals surface area contributed by atoms with E-state index in [4.69, 9.17) is 11.0 Å². The Morgan fingerprint density at radius 3 is 2.41 bits per heavy atom. The van der Waals surface area contributed by atoms with E-state index in [-0.39, 0.29) is 16.9 Å². The van der Waals surface area contributed by atoms with Gasteiger partial charge >= 0.3 is 0 Å². The normalized spacial score (nSPS) is 10.4. The zero-order valence-corrected chi connectivity index (χ0v) is 20.8. The highest BCUT2D eigenvalue weighted by molar-refractivity contribution is 5.95. The molecule has 0 amide bonds. The Hall–Kier alpha value is -5.03. The predicted molar refractivity (Wildman–Crippen MR) is 145 cm³/mol. The number of aryl methyl sites for hydroxylation is 2. The van der Waals surface area contributed by atoms with Crippen molar-refractivity contribution in [3.05, 3.63) is 117 Å². The fraction of sp³-hybridized carbons (Fsp3) is 0.138. The van der Waals surface area contributed by atoms with Gasteiger partial charge < -0.3 is 10.3 Å². The van der Waals surface area contributed by atoms with Crippen LogP contribution in [0.3, 0.4) is 0 Å². The molecule has 0 fully saturated rings. The number of nitrogens with two attached hydrogens (primary N) is 1. The first kappa shape index (κ1) is 25.1. The van der Waals surface area contributed by atoms with E-state index in [0.717, 1.165) is 34.4 Å². The number of nitrogen functional groups attached to an aromatic ring is 1. The Bertz CT molecular complexity index is 1750. The lowest BCUT2D eigenvalue weighted by atomic mass is 10.0. The van der Waals surface area contributed by atoms with Crippen molar-refractivity contribution in [1.29, 1.82) is 5.26 Å². The van der Waals surface area contributed by atoms with Gasteiger partial charge in [-0.15, -0.1) is 0 Å². The van der Waals surface area contributed by atoms with Gasteiger partial charge in [-0.05, 0) is 43.0 Å². The smallest absolute Gasteiger partial charge is 0.263 e. The molecule has 0 aliphatic heterocycles. The number of rotatable bonds is 3. The van der Waals surface area contributed by atoms with Gasteiger partial charge in [-0.3, -0.25) is 14.2 Å². The summed E-state index contributed by atoms with van der Waals surface area (Å²) >= 11 is 0. The third-order valence-corrected chi connectivity index (χ3v) is 6.02. The molecule has 0 spiro atoms. The third-order valence-electron chi connectivity index (χ3n) is 6.02. The highest BCUT2D eigenvalue weighted by atomic mass is 16.1. The summed E-state index contributed by atoms with van der Waals surface area (Å²) in [5, 5.41) is 9.91. The molecule has 0 aliphatic rings. The minimum absolute atomic E-state index is 0.0672. The van der Waals surface area contributed by atoms with Crippen LogP contribution >= 0.6 is 0 Å². The Labute approximate surface area is 213 Å². The lowest BCUT2D eigenvalue weighted by Gasteiger charge is -2.16. The molecule has 0 radical (unpaired) electrons. The number of nitriles is 1. The van der Waals surface area contributed by atoms with Crippen LogP contribution in [0.2, 0.25) is 0 Å². The van der Waals surface area contributed by atoms with Gasteiger partial charge in [0.1, 0.15) is 23.3 Å². The number of aromatic nitrogens is 4. The van der Waals surface area contributed by atoms with Crippen LogP contribution in [0.1, 0.15) is 24.0 Å². The van der Waals surface area contributed by atoms with E-state index in [1.807, 2.05) is 67.6 Å². The highest BCUT2D eigenvalue weighted by Crippen LogP contribution is 2.27. The second kappa shape index (κ2) is 10.7. The number of hydrogen-bond donors (Lipinski definition) is 1. The molecule has 37 heavy (non-hydrogen) atoms. The summed E-state index contributed by atoms with van der Waals surface area (Å²) in [6.45, 7) is 3.77. The van der Waals surface area contributed by atoms with Gasteiger partial charge in [-0.25, -0.2) is 9.97 Å². The van der Waals surface area contributed by atoms with Crippen LogP contribution in [0.4, 0.5) is 5.82 Å². The van der Waals surface area contributed by atoms with Crippen molar-refractivity contribution in [2.45, 2.75) is 20.3 Å². The van der Waals surface area contributed by atoms with Crippen LogP contribution in [0.5, 0.6) is 0 Å². The van der Waals surface area contributed by atoms with E-state index in [1.54, 1.807) is 29.2 Å². The summed E-state index contributed by atoms with van der Waals surface area (Å²) in [6, 6.07) is 24.5. The van der Waals surface area contributed by atoms with E-state index < -0.39 is 0 Å². The van der Waals surface area contributed by atoms with Crippen molar-refractivity contribution >= 4 is 16.6 Å². The van der Waals surface area contributed by atoms with Gasteiger partial charge in [-0.1, -0.05) is 49.4 Å². The van der Waals surface area contributed by atoms with Gasteiger partial charge in [0.15, 0.2) is 0 Å². The average molecular weight is 491 g/mol. The molecule has 0 unspecified atom stereocenters. The van der Waals surface area contributed by atoms with Crippen LogP contribution in [0.15, 0.2) is 88.6 Å². The first-order valence-electron chi connectivity index (χ1n) is 11.7. The van der Waals surface area contributed by atoms with E-state index in [0.29, 0.717) is 16.8 Å². The minimum Gasteiger partial charge on any atom is -0.382 e. The van der Waals surface area contributed by atoms with E-state index >= 15 is 0 Å². The van der Waals surface area contributed by atoms with E-state index in [2.05, 4.69) is 16.0 Å². The first-order chi connectivity index (χ1) is 17.8. The molecule has 0 atom stereocenters. The maximum atomic E-state index is 13.6. The fourth-order valence-electron chi connectivity index (χ4n) is 4.16. The summed E-state index contributed by atoms with van der Waals surface area (Å²) in [4.78, 5) is 33.3. The Balaban J connectivity index is 0.000000270. The topological polar surface area (TPSA) is 120 Å². The molecule has 0 aliphatic carbocycles. The minimum atomic E-state index is -0.0990. The molecule has 3 aromatic heterocycles. The van der Waals surface area contributed by atoms with Gasteiger partial charge in [0, 0.05) is 30.1 Å². The number of hydrogen-bond acceptors (Lipinski definition) is 6. The SMILES string of the molecule is CCc1cc2cccc(-c3cccc(=O)n3C)c2c(=O)n1-c1ccccc1.Cc1ncc(C#N)c(N)n1. The van der Waals surface area contributed by atoms with Gasteiger partial charge in [0.2, 0.25) is 0 Å². The van der Waals surface area contributed by atoms with Gasteiger partial charge in [0.25, 0.3) is 11.1 Å². The lowest BCUT2D eigenvalue weighted by molar-refractivity contribution is 0.869. The van der Waals surface area contributed by atoms with Crippen LogP contribution < -0.4 is 16.9 Å². The molecule has 2 N–H and O–H groups in total. The van der Waals surface area contributed by atoms with Crippen LogP contribution in [0.25, 0.3) is 27.7 Å². The van der Waals surface area contributed by atoms with Crippen LogP contribution in [-0.4, -0.2) is 19.1 Å². The Morgan fingerprint density at radius 1 is 1.00 bits per heavy atom.